The fourth-order valence-corrected chi connectivity index (χ4v) is 3.41. The third kappa shape index (κ3) is 4.14. The lowest BCUT2D eigenvalue weighted by molar-refractivity contribution is 0.264. The van der Waals surface area contributed by atoms with Crippen molar-refractivity contribution < 1.29 is 4.74 Å². The Morgan fingerprint density at radius 3 is 2.69 bits per heavy atom. The van der Waals surface area contributed by atoms with Crippen molar-refractivity contribution in [2.75, 3.05) is 25.5 Å². The molecule has 1 N–H and O–H groups in total. The molecule has 0 spiro atoms. The molecule has 4 heteroatoms. The molecular formula is C22H25N3O. The molecule has 3 aromatic rings. The van der Waals surface area contributed by atoms with Gasteiger partial charge in [-0.15, -0.1) is 0 Å². The molecule has 1 aromatic heterocycles. The number of nitrogens with zero attached hydrogens (tertiary/aromatic N) is 2. The molecule has 1 aliphatic rings. The van der Waals surface area contributed by atoms with Crippen molar-refractivity contribution in [3.63, 3.8) is 0 Å². The fraction of sp³-hybridized carbons (Fsp3) is 0.318. The largest absolute Gasteiger partial charge is 0.489 e. The maximum Gasteiger partial charge on any atom is 0.120 e. The van der Waals surface area contributed by atoms with E-state index in [0.29, 0.717) is 12.6 Å². The summed E-state index contributed by atoms with van der Waals surface area (Å²) in [4.78, 5) is 6.97. The van der Waals surface area contributed by atoms with E-state index in [2.05, 4.69) is 46.5 Å². The quantitative estimate of drug-likeness (QED) is 0.746. The Morgan fingerprint density at radius 2 is 1.88 bits per heavy atom. The molecule has 4 nitrogen and oxygen atoms in total. The molecule has 1 saturated heterocycles. The van der Waals surface area contributed by atoms with Gasteiger partial charge in [0.2, 0.25) is 0 Å². The van der Waals surface area contributed by atoms with E-state index in [9.17, 15) is 0 Å². The van der Waals surface area contributed by atoms with Crippen LogP contribution >= 0.6 is 0 Å². The summed E-state index contributed by atoms with van der Waals surface area (Å²) in [5.74, 6) is 0.875. The van der Waals surface area contributed by atoms with Crippen LogP contribution in [0, 0.1) is 0 Å². The van der Waals surface area contributed by atoms with Gasteiger partial charge in [0.25, 0.3) is 0 Å². The molecule has 0 aliphatic carbocycles. The topological polar surface area (TPSA) is 37.4 Å². The first kappa shape index (κ1) is 16.9. The number of piperidine rings is 1. The van der Waals surface area contributed by atoms with Gasteiger partial charge in [0.15, 0.2) is 0 Å². The van der Waals surface area contributed by atoms with E-state index in [0.717, 1.165) is 35.4 Å². The van der Waals surface area contributed by atoms with E-state index in [-0.39, 0.29) is 0 Å². The molecule has 2 heterocycles. The normalized spacial score (nSPS) is 15.9. The summed E-state index contributed by atoms with van der Waals surface area (Å²) < 4.78 is 5.95. The molecule has 2 aromatic carbocycles. The highest BCUT2D eigenvalue weighted by atomic mass is 16.5. The first-order valence-electron chi connectivity index (χ1n) is 9.28. The lowest BCUT2D eigenvalue weighted by Gasteiger charge is -2.30. The van der Waals surface area contributed by atoms with Gasteiger partial charge in [-0.25, -0.2) is 0 Å². The summed E-state index contributed by atoms with van der Waals surface area (Å²) in [7, 11) is 2.19. The summed E-state index contributed by atoms with van der Waals surface area (Å²) in [6, 6.07) is 19.0. The van der Waals surface area contributed by atoms with Gasteiger partial charge in [-0.2, -0.15) is 0 Å². The number of benzene rings is 2. The number of hydrogen-bond donors (Lipinski definition) is 1. The van der Waals surface area contributed by atoms with Gasteiger partial charge in [-0.1, -0.05) is 30.3 Å². The number of fused-ring (bicyclic) bond motifs is 1. The van der Waals surface area contributed by atoms with Crippen LogP contribution in [0.2, 0.25) is 0 Å². The minimum Gasteiger partial charge on any atom is -0.489 e. The van der Waals surface area contributed by atoms with Crippen LogP contribution < -0.4 is 10.1 Å². The van der Waals surface area contributed by atoms with Crippen molar-refractivity contribution in [3.05, 3.63) is 66.4 Å². The van der Waals surface area contributed by atoms with Gasteiger partial charge in [-0.05, 0) is 62.8 Å². The number of rotatable bonds is 5. The summed E-state index contributed by atoms with van der Waals surface area (Å²) in [5, 5.41) is 4.75. The summed E-state index contributed by atoms with van der Waals surface area (Å²) in [6.45, 7) is 2.87. The molecule has 1 fully saturated rings. The number of likely N-dealkylation sites (tertiary alicyclic amines) is 1. The molecular weight excluding hydrogens is 322 g/mol. The number of nitrogens with one attached hydrogen (secondary N) is 1. The van der Waals surface area contributed by atoms with E-state index < -0.39 is 0 Å². The number of anilines is 1. The van der Waals surface area contributed by atoms with Gasteiger partial charge in [0.1, 0.15) is 12.4 Å². The zero-order valence-electron chi connectivity index (χ0n) is 15.2. The lowest BCUT2D eigenvalue weighted by Crippen LogP contribution is -2.36. The predicted molar refractivity (Wildman–Crippen MR) is 107 cm³/mol. The highest BCUT2D eigenvalue weighted by Gasteiger charge is 2.16. The average Bonchev–Trinajstić information content (AvgIpc) is 2.69. The van der Waals surface area contributed by atoms with Crippen molar-refractivity contribution in [1.82, 2.24) is 9.88 Å². The van der Waals surface area contributed by atoms with Gasteiger partial charge < -0.3 is 15.0 Å². The van der Waals surface area contributed by atoms with Gasteiger partial charge in [0, 0.05) is 11.4 Å². The van der Waals surface area contributed by atoms with Crippen LogP contribution in [0.4, 0.5) is 5.69 Å². The minimum absolute atomic E-state index is 0.531. The SMILES string of the molecule is CN1CCC(Nc2cnc3ccc(OCc4ccccc4)cc3c2)CC1. The van der Waals surface area contributed by atoms with E-state index in [1.54, 1.807) is 0 Å². The number of hydrogen-bond acceptors (Lipinski definition) is 4. The lowest BCUT2D eigenvalue weighted by atomic mass is 10.1. The van der Waals surface area contributed by atoms with Crippen LogP contribution in [0.25, 0.3) is 10.9 Å². The Kier molecular flexibility index (Phi) is 5.02. The van der Waals surface area contributed by atoms with Crippen molar-refractivity contribution in [2.45, 2.75) is 25.5 Å². The van der Waals surface area contributed by atoms with Crippen LogP contribution in [0.3, 0.4) is 0 Å². The van der Waals surface area contributed by atoms with Crippen LogP contribution in [0.5, 0.6) is 5.75 Å². The molecule has 134 valence electrons. The van der Waals surface area contributed by atoms with Crippen LogP contribution in [0.1, 0.15) is 18.4 Å². The fourth-order valence-electron chi connectivity index (χ4n) is 3.41. The van der Waals surface area contributed by atoms with E-state index in [4.69, 9.17) is 4.74 Å². The number of pyridine rings is 1. The second-order valence-electron chi connectivity index (χ2n) is 7.07. The molecule has 1 aliphatic heterocycles. The van der Waals surface area contributed by atoms with E-state index >= 15 is 0 Å². The first-order valence-corrected chi connectivity index (χ1v) is 9.28. The van der Waals surface area contributed by atoms with E-state index in [1.807, 2.05) is 36.5 Å². The number of ether oxygens (including phenoxy) is 1. The van der Waals surface area contributed by atoms with Gasteiger partial charge >= 0.3 is 0 Å². The highest BCUT2D eigenvalue weighted by Crippen LogP contribution is 2.24. The number of aromatic nitrogens is 1. The molecule has 26 heavy (non-hydrogen) atoms. The maximum atomic E-state index is 5.95. The Balaban J connectivity index is 1.46. The Bertz CT molecular complexity index is 858. The standard InChI is InChI=1S/C22H25N3O/c1-25-11-9-19(10-12-25)24-20-13-18-14-21(7-8-22(18)23-15-20)26-16-17-5-3-2-4-6-17/h2-8,13-15,19,24H,9-12,16H2,1H3. The molecule has 0 amide bonds. The second kappa shape index (κ2) is 7.75. The Labute approximate surface area is 154 Å². The van der Waals surface area contributed by atoms with Crippen molar-refractivity contribution in [1.29, 1.82) is 0 Å². The third-order valence-corrected chi connectivity index (χ3v) is 4.99. The van der Waals surface area contributed by atoms with E-state index in [1.165, 1.54) is 18.4 Å². The van der Waals surface area contributed by atoms with Crippen LogP contribution in [-0.4, -0.2) is 36.1 Å². The third-order valence-electron chi connectivity index (χ3n) is 4.99. The monoisotopic (exact) mass is 347 g/mol. The minimum atomic E-state index is 0.531. The molecule has 0 bridgehead atoms. The smallest absolute Gasteiger partial charge is 0.120 e. The maximum absolute atomic E-state index is 5.95. The summed E-state index contributed by atoms with van der Waals surface area (Å²) in [5.41, 5.74) is 3.25. The summed E-state index contributed by atoms with van der Waals surface area (Å²) >= 11 is 0. The zero-order chi connectivity index (χ0) is 17.8. The van der Waals surface area contributed by atoms with Crippen LogP contribution in [-0.2, 0) is 6.61 Å². The second-order valence-corrected chi connectivity index (χ2v) is 7.07. The van der Waals surface area contributed by atoms with Gasteiger partial charge in [-0.3, -0.25) is 4.98 Å². The molecule has 0 saturated carbocycles. The predicted octanol–water partition coefficient (Wildman–Crippen LogP) is 4.32. The van der Waals surface area contributed by atoms with Crippen molar-refractivity contribution in [3.8, 4) is 5.75 Å². The Morgan fingerprint density at radius 1 is 1.08 bits per heavy atom. The van der Waals surface area contributed by atoms with Crippen molar-refractivity contribution in [2.24, 2.45) is 0 Å². The summed E-state index contributed by atoms with van der Waals surface area (Å²) in [6.07, 6.45) is 4.29. The Hall–Kier alpha value is -2.59. The zero-order valence-corrected chi connectivity index (χ0v) is 15.2. The molecule has 0 unspecified atom stereocenters. The highest BCUT2D eigenvalue weighted by molar-refractivity contribution is 5.83. The average molecular weight is 347 g/mol. The van der Waals surface area contributed by atoms with Crippen molar-refractivity contribution >= 4 is 16.6 Å². The van der Waals surface area contributed by atoms with Crippen LogP contribution in [0.15, 0.2) is 60.8 Å². The molecule has 0 atom stereocenters. The first-order chi connectivity index (χ1) is 12.8. The molecule has 0 radical (unpaired) electrons. The molecule has 4 rings (SSSR count). The van der Waals surface area contributed by atoms with Gasteiger partial charge in [0.05, 0.1) is 17.4 Å².